The standard InChI is InChI=1S/C15H11F3N2O4/c16-15(17,18)11-6-13(20(22)23)12(19-8-11)7-14(21)24-9-10-4-2-1-3-5-10/h1-6,8H,7,9H2. The van der Waals surface area contributed by atoms with E-state index in [1.54, 1.807) is 30.3 Å². The molecular formula is C15H11F3N2O4. The van der Waals surface area contributed by atoms with Crippen LogP contribution in [0.15, 0.2) is 42.6 Å². The maximum atomic E-state index is 12.6. The molecule has 1 heterocycles. The van der Waals surface area contributed by atoms with Crippen LogP contribution < -0.4 is 0 Å². The molecule has 0 N–H and O–H groups in total. The number of nitro groups is 1. The van der Waals surface area contributed by atoms with Gasteiger partial charge in [-0.2, -0.15) is 13.2 Å². The molecule has 0 bridgehead atoms. The van der Waals surface area contributed by atoms with Crippen molar-refractivity contribution in [3.8, 4) is 0 Å². The molecule has 6 nitrogen and oxygen atoms in total. The number of carbonyl (C=O) groups excluding carboxylic acids is 1. The van der Waals surface area contributed by atoms with E-state index in [4.69, 9.17) is 4.74 Å². The number of aromatic nitrogens is 1. The Morgan fingerprint density at radius 3 is 2.50 bits per heavy atom. The van der Waals surface area contributed by atoms with Crippen molar-refractivity contribution in [1.82, 2.24) is 4.98 Å². The van der Waals surface area contributed by atoms with Crippen LogP contribution in [0, 0.1) is 10.1 Å². The monoisotopic (exact) mass is 340 g/mol. The van der Waals surface area contributed by atoms with Crippen LogP contribution in [0.25, 0.3) is 0 Å². The number of benzene rings is 1. The van der Waals surface area contributed by atoms with E-state index in [1.807, 2.05) is 0 Å². The van der Waals surface area contributed by atoms with Gasteiger partial charge in [-0.3, -0.25) is 19.9 Å². The molecule has 24 heavy (non-hydrogen) atoms. The first kappa shape index (κ1) is 17.4. The topological polar surface area (TPSA) is 82.3 Å². The van der Waals surface area contributed by atoms with Gasteiger partial charge in [-0.15, -0.1) is 0 Å². The summed E-state index contributed by atoms with van der Waals surface area (Å²) in [6, 6.07) is 9.04. The van der Waals surface area contributed by atoms with Crippen molar-refractivity contribution in [2.45, 2.75) is 19.2 Å². The van der Waals surface area contributed by atoms with E-state index in [0.29, 0.717) is 17.8 Å². The Morgan fingerprint density at radius 1 is 1.25 bits per heavy atom. The molecule has 0 aliphatic heterocycles. The van der Waals surface area contributed by atoms with E-state index < -0.39 is 34.7 Å². The quantitative estimate of drug-likeness (QED) is 0.474. The van der Waals surface area contributed by atoms with Crippen LogP contribution in [0.2, 0.25) is 0 Å². The second kappa shape index (κ2) is 7.07. The van der Waals surface area contributed by atoms with Gasteiger partial charge in [-0.25, -0.2) is 0 Å². The van der Waals surface area contributed by atoms with Crippen LogP contribution in [0.1, 0.15) is 16.8 Å². The van der Waals surface area contributed by atoms with E-state index in [1.165, 1.54) is 0 Å². The third kappa shape index (κ3) is 4.51. The Bertz CT molecular complexity index is 748. The minimum atomic E-state index is -4.76. The molecule has 0 unspecified atom stereocenters. The largest absolute Gasteiger partial charge is 0.461 e. The molecule has 0 saturated heterocycles. The number of ether oxygens (including phenoxy) is 1. The molecule has 2 rings (SSSR count). The molecule has 0 amide bonds. The second-order valence-corrected chi connectivity index (χ2v) is 4.77. The Labute approximate surface area is 134 Å². The summed E-state index contributed by atoms with van der Waals surface area (Å²) in [5.74, 6) is -0.825. The smallest absolute Gasteiger partial charge is 0.418 e. The van der Waals surface area contributed by atoms with Crippen molar-refractivity contribution >= 4 is 11.7 Å². The molecule has 0 atom stereocenters. The van der Waals surface area contributed by atoms with Crippen LogP contribution >= 0.6 is 0 Å². The number of pyridine rings is 1. The van der Waals surface area contributed by atoms with Crippen molar-refractivity contribution in [3.63, 3.8) is 0 Å². The molecule has 9 heteroatoms. The third-order valence-electron chi connectivity index (χ3n) is 3.03. The number of nitrogens with zero attached hydrogens (tertiary/aromatic N) is 2. The molecule has 1 aromatic carbocycles. The lowest BCUT2D eigenvalue weighted by molar-refractivity contribution is -0.386. The maximum Gasteiger partial charge on any atom is 0.418 e. The van der Waals surface area contributed by atoms with Crippen molar-refractivity contribution in [2.24, 2.45) is 0 Å². The maximum absolute atomic E-state index is 12.6. The molecule has 0 saturated carbocycles. The summed E-state index contributed by atoms with van der Waals surface area (Å²) in [6.07, 6.45) is -4.90. The molecule has 0 radical (unpaired) electrons. The van der Waals surface area contributed by atoms with E-state index >= 15 is 0 Å². The number of esters is 1. The highest BCUT2D eigenvalue weighted by Crippen LogP contribution is 2.32. The molecule has 0 fully saturated rings. The first-order valence-electron chi connectivity index (χ1n) is 6.67. The first-order valence-corrected chi connectivity index (χ1v) is 6.67. The van der Waals surface area contributed by atoms with Crippen LogP contribution in [0.5, 0.6) is 0 Å². The van der Waals surface area contributed by atoms with Crippen molar-refractivity contribution < 1.29 is 27.6 Å². The lowest BCUT2D eigenvalue weighted by Gasteiger charge is -2.08. The van der Waals surface area contributed by atoms with Crippen molar-refractivity contribution in [2.75, 3.05) is 0 Å². The Morgan fingerprint density at radius 2 is 1.92 bits per heavy atom. The van der Waals surface area contributed by atoms with Gasteiger partial charge < -0.3 is 4.74 Å². The fourth-order valence-corrected chi connectivity index (χ4v) is 1.86. The van der Waals surface area contributed by atoms with Gasteiger partial charge in [-0.05, 0) is 5.56 Å². The van der Waals surface area contributed by atoms with Crippen molar-refractivity contribution in [3.05, 3.63) is 69.5 Å². The number of carbonyl (C=O) groups is 1. The summed E-state index contributed by atoms with van der Waals surface area (Å²) in [7, 11) is 0. The zero-order valence-corrected chi connectivity index (χ0v) is 12.1. The lowest BCUT2D eigenvalue weighted by Crippen LogP contribution is -2.13. The Hall–Kier alpha value is -2.97. The average Bonchev–Trinajstić information content (AvgIpc) is 2.53. The van der Waals surface area contributed by atoms with E-state index in [9.17, 15) is 28.1 Å². The summed E-state index contributed by atoms with van der Waals surface area (Å²) < 4.78 is 42.7. The van der Waals surface area contributed by atoms with Gasteiger partial charge in [0.15, 0.2) is 0 Å². The van der Waals surface area contributed by atoms with Gasteiger partial charge >= 0.3 is 12.1 Å². The van der Waals surface area contributed by atoms with Gasteiger partial charge in [0.1, 0.15) is 12.3 Å². The van der Waals surface area contributed by atoms with Crippen molar-refractivity contribution in [1.29, 1.82) is 0 Å². The number of halogens is 3. The van der Waals surface area contributed by atoms with E-state index in [-0.39, 0.29) is 12.3 Å². The first-order chi connectivity index (χ1) is 11.3. The van der Waals surface area contributed by atoms with Crippen LogP contribution in [-0.4, -0.2) is 15.9 Å². The molecular weight excluding hydrogens is 329 g/mol. The number of alkyl halides is 3. The Kier molecular flexibility index (Phi) is 5.12. The predicted octanol–water partition coefficient (Wildman–Crippen LogP) is 3.29. The van der Waals surface area contributed by atoms with Gasteiger partial charge in [0, 0.05) is 12.3 Å². The summed E-state index contributed by atoms with van der Waals surface area (Å²) in [5, 5.41) is 10.9. The molecule has 0 aliphatic carbocycles. The molecule has 1 aromatic heterocycles. The zero-order valence-electron chi connectivity index (χ0n) is 12.1. The predicted molar refractivity (Wildman–Crippen MR) is 75.8 cm³/mol. The Balaban J connectivity index is 2.11. The normalized spacial score (nSPS) is 11.1. The summed E-state index contributed by atoms with van der Waals surface area (Å²) in [4.78, 5) is 25.0. The molecule has 0 aliphatic rings. The second-order valence-electron chi connectivity index (χ2n) is 4.77. The number of hydrogen-bond donors (Lipinski definition) is 0. The molecule has 2 aromatic rings. The minimum Gasteiger partial charge on any atom is -0.461 e. The van der Waals surface area contributed by atoms with Gasteiger partial charge in [0.2, 0.25) is 0 Å². The summed E-state index contributed by atoms with van der Waals surface area (Å²) in [6.45, 7) is -0.0475. The number of rotatable bonds is 5. The highest BCUT2D eigenvalue weighted by atomic mass is 19.4. The van der Waals surface area contributed by atoms with E-state index in [0.717, 1.165) is 0 Å². The van der Waals surface area contributed by atoms with Crippen LogP contribution in [-0.2, 0) is 28.7 Å². The van der Waals surface area contributed by atoms with Gasteiger partial charge in [-0.1, -0.05) is 30.3 Å². The zero-order chi connectivity index (χ0) is 17.7. The summed E-state index contributed by atoms with van der Waals surface area (Å²) in [5.41, 5.74) is -1.80. The van der Waals surface area contributed by atoms with Gasteiger partial charge in [0.05, 0.1) is 16.9 Å². The van der Waals surface area contributed by atoms with Crippen LogP contribution in [0.3, 0.4) is 0 Å². The fourth-order valence-electron chi connectivity index (χ4n) is 1.86. The fraction of sp³-hybridized carbons (Fsp3) is 0.200. The highest BCUT2D eigenvalue weighted by Gasteiger charge is 2.34. The average molecular weight is 340 g/mol. The minimum absolute atomic E-state index is 0.0475. The van der Waals surface area contributed by atoms with Gasteiger partial charge in [0.25, 0.3) is 5.69 Å². The molecule has 126 valence electrons. The van der Waals surface area contributed by atoms with E-state index in [2.05, 4.69) is 4.98 Å². The lowest BCUT2D eigenvalue weighted by atomic mass is 10.2. The molecule has 0 spiro atoms. The highest BCUT2D eigenvalue weighted by molar-refractivity contribution is 5.73. The van der Waals surface area contributed by atoms with Crippen LogP contribution in [0.4, 0.5) is 18.9 Å². The number of hydrogen-bond acceptors (Lipinski definition) is 5. The SMILES string of the molecule is O=C(Cc1ncc(C(F)(F)F)cc1[N+](=O)[O-])OCc1ccccc1. The third-order valence-corrected chi connectivity index (χ3v) is 3.03. The summed E-state index contributed by atoms with van der Waals surface area (Å²) >= 11 is 0.